The first kappa shape index (κ1) is 9.90. The van der Waals surface area contributed by atoms with Crippen LogP contribution < -0.4 is 4.90 Å². The molecule has 0 atom stereocenters. The molecular weight excluding hydrogens is 160 g/mol. The van der Waals surface area contributed by atoms with Crippen LogP contribution in [0.3, 0.4) is 0 Å². The Morgan fingerprint density at radius 3 is 2.31 bits per heavy atom. The van der Waals surface area contributed by atoms with Gasteiger partial charge in [0.05, 0.1) is 0 Å². The molecular formula is C11H17N2-. The van der Waals surface area contributed by atoms with Crippen molar-refractivity contribution >= 4 is 11.4 Å². The fraction of sp³-hybridized carbons (Fsp3) is 0.455. The Balaban J connectivity index is 2.95. The van der Waals surface area contributed by atoms with Gasteiger partial charge in [0, 0.05) is 18.8 Å². The van der Waals surface area contributed by atoms with Gasteiger partial charge in [-0.25, -0.2) is 0 Å². The molecule has 0 aliphatic heterocycles. The number of hydrogen-bond donors (Lipinski definition) is 0. The molecule has 0 aliphatic rings. The van der Waals surface area contributed by atoms with E-state index in [1.165, 1.54) is 0 Å². The molecule has 0 amide bonds. The molecule has 13 heavy (non-hydrogen) atoms. The fourth-order valence-corrected chi connectivity index (χ4v) is 1.40. The molecule has 1 aromatic rings. The van der Waals surface area contributed by atoms with Gasteiger partial charge in [0.1, 0.15) is 0 Å². The quantitative estimate of drug-likeness (QED) is 0.694. The van der Waals surface area contributed by atoms with Crippen LogP contribution in [0.15, 0.2) is 18.2 Å². The summed E-state index contributed by atoms with van der Waals surface area (Å²) in [6.45, 7) is 8.23. The van der Waals surface area contributed by atoms with E-state index in [0.717, 1.165) is 24.3 Å². The molecule has 0 saturated heterocycles. The summed E-state index contributed by atoms with van der Waals surface area (Å²) in [6, 6.07) is 6.03. The van der Waals surface area contributed by atoms with Crippen molar-refractivity contribution in [3.8, 4) is 0 Å². The summed E-state index contributed by atoms with van der Waals surface area (Å²) in [7, 11) is 0. The maximum absolute atomic E-state index is 7.68. The lowest BCUT2D eigenvalue weighted by atomic mass is 10.2. The zero-order valence-electron chi connectivity index (χ0n) is 8.59. The Hall–Kier alpha value is -1.18. The predicted octanol–water partition coefficient (Wildman–Crippen LogP) is 3.52. The third-order valence-corrected chi connectivity index (χ3v) is 2.35. The first-order valence-electron chi connectivity index (χ1n) is 4.76. The summed E-state index contributed by atoms with van der Waals surface area (Å²) in [4.78, 5) is 2.25. The van der Waals surface area contributed by atoms with Crippen molar-refractivity contribution in [2.75, 3.05) is 18.0 Å². The van der Waals surface area contributed by atoms with Gasteiger partial charge in [0.2, 0.25) is 0 Å². The van der Waals surface area contributed by atoms with Gasteiger partial charge in [0.15, 0.2) is 0 Å². The number of benzene rings is 1. The van der Waals surface area contributed by atoms with Crippen LogP contribution >= 0.6 is 0 Å². The highest BCUT2D eigenvalue weighted by Gasteiger charge is 1.99. The molecule has 2 nitrogen and oxygen atoms in total. The van der Waals surface area contributed by atoms with Crippen molar-refractivity contribution in [3.05, 3.63) is 29.5 Å². The first-order chi connectivity index (χ1) is 6.19. The molecule has 0 unspecified atom stereocenters. The van der Waals surface area contributed by atoms with Gasteiger partial charge in [-0.05, 0) is 26.8 Å². The van der Waals surface area contributed by atoms with Crippen LogP contribution in [0.1, 0.15) is 19.4 Å². The summed E-state index contributed by atoms with van der Waals surface area (Å²) in [5, 5.41) is 0. The highest BCUT2D eigenvalue weighted by Crippen LogP contribution is 2.24. The Bertz CT molecular complexity index is 277. The number of rotatable bonds is 3. The van der Waals surface area contributed by atoms with Crippen molar-refractivity contribution in [3.63, 3.8) is 0 Å². The van der Waals surface area contributed by atoms with E-state index in [1.54, 1.807) is 0 Å². The third kappa shape index (κ3) is 2.14. The van der Waals surface area contributed by atoms with E-state index in [0.29, 0.717) is 5.69 Å². The summed E-state index contributed by atoms with van der Waals surface area (Å²) in [5.41, 5.74) is 10.5. The molecule has 0 fully saturated rings. The van der Waals surface area contributed by atoms with Gasteiger partial charge in [-0.1, -0.05) is 17.7 Å². The minimum absolute atomic E-state index is 0.629. The zero-order valence-corrected chi connectivity index (χ0v) is 8.59. The zero-order chi connectivity index (χ0) is 9.84. The van der Waals surface area contributed by atoms with E-state index in [1.807, 2.05) is 19.1 Å². The molecule has 2 heteroatoms. The predicted molar refractivity (Wildman–Crippen MR) is 58.7 cm³/mol. The maximum atomic E-state index is 7.68. The standard InChI is InChI=1S/C11H17N2/c1-4-13(5-2)10-7-6-9(3)11(12)8-10/h6-8,12H,4-5H2,1-3H3/q-1. The topological polar surface area (TPSA) is 27.0 Å². The van der Waals surface area contributed by atoms with Gasteiger partial charge < -0.3 is 10.6 Å². The number of anilines is 1. The van der Waals surface area contributed by atoms with Crippen LogP contribution in [0, 0.1) is 6.92 Å². The summed E-state index contributed by atoms with van der Waals surface area (Å²) in [6.07, 6.45) is 0. The fourth-order valence-electron chi connectivity index (χ4n) is 1.40. The molecule has 1 N–H and O–H groups in total. The van der Waals surface area contributed by atoms with Crippen LogP contribution in [0.5, 0.6) is 0 Å². The molecule has 0 heterocycles. The van der Waals surface area contributed by atoms with Crippen LogP contribution in [0.4, 0.5) is 11.4 Å². The lowest BCUT2D eigenvalue weighted by Crippen LogP contribution is -2.21. The highest BCUT2D eigenvalue weighted by molar-refractivity contribution is 5.61. The molecule has 0 bridgehead atoms. The molecule has 0 radical (unpaired) electrons. The normalized spacial score (nSPS) is 10.1. The van der Waals surface area contributed by atoms with Crippen LogP contribution in [-0.2, 0) is 0 Å². The Labute approximate surface area is 80.4 Å². The second-order valence-electron chi connectivity index (χ2n) is 3.17. The Morgan fingerprint density at radius 2 is 1.85 bits per heavy atom. The highest BCUT2D eigenvalue weighted by atomic mass is 15.1. The molecule has 1 rings (SSSR count). The largest absolute Gasteiger partial charge is 0.698 e. The first-order valence-corrected chi connectivity index (χ1v) is 4.76. The third-order valence-electron chi connectivity index (χ3n) is 2.35. The van der Waals surface area contributed by atoms with Gasteiger partial charge in [-0.3, -0.25) is 0 Å². The van der Waals surface area contributed by atoms with E-state index in [-0.39, 0.29) is 0 Å². The van der Waals surface area contributed by atoms with Crippen molar-refractivity contribution in [1.82, 2.24) is 0 Å². The molecule has 0 aliphatic carbocycles. The molecule has 0 spiro atoms. The van der Waals surface area contributed by atoms with Gasteiger partial charge >= 0.3 is 0 Å². The molecule has 0 saturated carbocycles. The van der Waals surface area contributed by atoms with Crippen LogP contribution in [0.25, 0.3) is 5.73 Å². The molecule has 0 aromatic heterocycles. The number of nitrogens with zero attached hydrogens (tertiary/aromatic N) is 1. The summed E-state index contributed by atoms with van der Waals surface area (Å²) >= 11 is 0. The summed E-state index contributed by atoms with van der Waals surface area (Å²) in [5.74, 6) is 0. The lowest BCUT2D eigenvalue weighted by molar-refractivity contribution is 0.866. The SMILES string of the molecule is CCN(CC)c1ccc(C)c([NH-])c1. The molecule has 1 aromatic carbocycles. The smallest absolute Gasteiger partial charge is 0.0353 e. The monoisotopic (exact) mass is 177 g/mol. The lowest BCUT2D eigenvalue weighted by Gasteiger charge is -2.23. The Morgan fingerprint density at radius 1 is 1.23 bits per heavy atom. The molecule has 72 valence electrons. The van der Waals surface area contributed by atoms with E-state index in [9.17, 15) is 0 Å². The second kappa shape index (κ2) is 4.17. The van der Waals surface area contributed by atoms with Crippen molar-refractivity contribution in [2.45, 2.75) is 20.8 Å². The minimum Gasteiger partial charge on any atom is -0.698 e. The van der Waals surface area contributed by atoms with Crippen LogP contribution in [0.2, 0.25) is 0 Å². The van der Waals surface area contributed by atoms with Gasteiger partial charge in [-0.2, -0.15) is 0 Å². The van der Waals surface area contributed by atoms with Gasteiger partial charge in [0.25, 0.3) is 0 Å². The second-order valence-corrected chi connectivity index (χ2v) is 3.17. The average Bonchev–Trinajstić information content (AvgIpc) is 2.13. The van der Waals surface area contributed by atoms with E-state index < -0.39 is 0 Å². The van der Waals surface area contributed by atoms with Crippen molar-refractivity contribution < 1.29 is 0 Å². The van der Waals surface area contributed by atoms with Crippen molar-refractivity contribution in [2.24, 2.45) is 0 Å². The number of hydrogen-bond acceptors (Lipinski definition) is 1. The average molecular weight is 177 g/mol. The Kier molecular flexibility index (Phi) is 3.18. The van der Waals surface area contributed by atoms with Crippen LogP contribution in [-0.4, -0.2) is 13.1 Å². The minimum atomic E-state index is 0.629. The van der Waals surface area contributed by atoms with E-state index in [4.69, 9.17) is 5.73 Å². The van der Waals surface area contributed by atoms with E-state index in [2.05, 4.69) is 24.8 Å². The van der Waals surface area contributed by atoms with Gasteiger partial charge in [-0.15, -0.1) is 5.69 Å². The van der Waals surface area contributed by atoms with E-state index >= 15 is 0 Å². The van der Waals surface area contributed by atoms with Crippen molar-refractivity contribution in [1.29, 1.82) is 0 Å². The number of aryl methyl sites for hydroxylation is 1. The maximum Gasteiger partial charge on any atom is 0.0353 e. The summed E-state index contributed by atoms with van der Waals surface area (Å²) < 4.78 is 0. The number of nitrogens with one attached hydrogen (secondary N) is 1.